The summed E-state index contributed by atoms with van der Waals surface area (Å²) in [6, 6.07) is 0. The first-order valence-electron chi connectivity index (χ1n) is 2.42. The smallest absolute Gasteiger partial charge is 0.0168 e. The summed E-state index contributed by atoms with van der Waals surface area (Å²) in [5.41, 5.74) is 1.43. The molecule has 0 aromatic rings. The number of hydrogen-bond acceptors (Lipinski definition) is 0. The highest BCUT2D eigenvalue weighted by Gasteiger charge is 2.32. The molecule has 0 nitrogen and oxygen atoms in total. The van der Waals surface area contributed by atoms with Crippen LogP contribution in [0.4, 0.5) is 0 Å². The lowest BCUT2D eigenvalue weighted by Crippen LogP contribution is -1.58. The van der Waals surface area contributed by atoms with Crippen molar-refractivity contribution in [3.8, 4) is 0 Å². The zero-order valence-electron chi connectivity index (χ0n) is 4.36. The summed E-state index contributed by atoms with van der Waals surface area (Å²) in [7, 11) is 0. The van der Waals surface area contributed by atoms with E-state index in [2.05, 4.69) is 20.4 Å². The van der Waals surface area contributed by atoms with E-state index in [-0.39, 0.29) is 0 Å². The summed E-state index contributed by atoms with van der Waals surface area (Å²) in [6.07, 6.45) is 0. The average Bonchev–Trinajstić information content (AvgIpc) is 1.94. The van der Waals surface area contributed by atoms with Gasteiger partial charge in [-0.3, -0.25) is 0 Å². The first kappa shape index (κ1) is 3.91. The van der Waals surface area contributed by atoms with Gasteiger partial charge in [0.25, 0.3) is 0 Å². The minimum absolute atomic E-state index is 0.824. The van der Waals surface area contributed by atoms with Crippen LogP contribution in [0.3, 0.4) is 0 Å². The van der Waals surface area contributed by atoms with Gasteiger partial charge in [0.2, 0.25) is 0 Å². The fraction of sp³-hybridized carbons (Fsp3) is 0.667. The molecule has 0 amide bonds. The summed E-state index contributed by atoms with van der Waals surface area (Å²) in [4.78, 5) is 0. The highest BCUT2D eigenvalue weighted by molar-refractivity contribution is 5.22. The first-order chi connectivity index (χ1) is 2.73. The third-order valence-corrected chi connectivity index (χ3v) is 1.81. The summed E-state index contributed by atoms with van der Waals surface area (Å²) in [6.45, 7) is 8.26. The highest BCUT2D eigenvalue weighted by atomic mass is 14.4. The van der Waals surface area contributed by atoms with Crippen LogP contribution in [0, 0.1) is 11.8 Å². The molecule has 0 heteroatoms. The monoisotopic (exact) mass is 82.1 g/mol. The molecule has 0 radical (unpaired) electrons. The van der Waals surface area contributed by atoms with Crippen LogP contribution in [0.1, 0.15) is 13.8 Å². The summed E-state index contributed by atoms with van der Waals surface area (Å²) < 4.78 is 0. The average molecular weight is 82.1 g/mol. The Bertz CT molecular complexity index is 72.0. The molecule has 0 bridgehead atoms. The molecule has 1 unspecified atom stereocenters. The Morgan fingerprint density at radius 2 is 1.50 bits per heavy atom. The van der Waals surface area contributed by atoms with Crippen LogP contribution in [-0.4, -0.2) is 0 Å². The SMILES string of the molecule is C=C1C(C)[C@@H]1C. The summed E-state index contributed by atoms with van der Waals surface area (Å²) >= 11 is 0. The van der Waals surface area contributed by atoms with E-state index < -0.39 is 0 Å². The molecule has 0 spiro atoms. The van der Waals surface area contributed by atoms with Crippen molar-refractivity contribution in [1.82, 2.24) is 0 Å². The van der Waals surface area contributed by atoms with Crippen LogP contribution < -0.4 is 0 Å². The zero-order chi connectivity index (χ0) is 4.73. The van der Waals surface area contributed by atoms with Crippen molar-refractivity contribution in [2.75, 3.05) is 0 Å². The van der Waals surface area contributed by atoms with Crippen molar-refractivity contribution in [3.63, 3.8) is 0 Å². The molecule has 1 rings (SSSR count). The van der Waals surface area contributed by atoms with Gasteiger partial charge >= 0.3 is 0 Å². The van der Waals surface area contributed by atoms with Crippen LogP contribution in [0.5, 0.6) is 0 Å². The normalized spacial score (nSPS) is 43.3. The molecule has 0 heterocycles. The van der Waals surface area contributed by atoms with Crippen molar-refractivity contribution >= 4 is 0 Å². The fourth-order valence-electron chi connectivity index (χ4n) is 0.654. The maximum absolute atomic E-state index is 3.83. The van der Waals surface area contributed by atoms with Gasteiger partial charge in [0, 0.05) is 0 Å². The Morgan fingerprint density at radius 1 is 1.33 bits per heavy atom. The second-order valence-electron chi connectivity index (χ2n) is 2.15. The van der Waals surface area contributed by atoms with Crippen molar-refractivity contribution in [1.29, 1.82) is 0 Å². The molecule has 34 valence electrons. The number of allylic oxidation sites excluding steroid dienone is 1. The minimum atomic E-state index is 0.824. The Labute approximate surface area is 38.9 Å². The molecular formula is C6H10. The predicted octanol–water partition coefficient (Wildman–Crippen LogP) is 1.83. The van der Waals surface area contributed by atoms with Gasteiger partial charge in [-0.1, -0.05) is 26.0 Å². The van der Waals surface area contributed by atoms with Gasteiger partial charge in [-0.2, -0.15) is 0 Å². The van der Waals surface area contributed by atoms with Gasteiger partial charge in [0.15, 0.2) is 0 Å². The molecule has 1 saturated carbocycles. The van der Waals surface area contributed by atoms with Crippen LogP contribution in [-0.2, 0) is 0 Å². The van der Waals surface area contributed by atoms with E-state index in [0.717, 1.165) is 11.8 Å². The second kappa shape index (κ2) is 0.868. The van der Waals surface area contributed by atoms with Crippen LogP contribution in [0.15, 0.2) is 12.2 Å². The van der Waals surface area contributed by atoms with Crippen molar-refractivity contribution in [2.45, 2.75) is 13.8 Å². The van der Waals surface area contributed by atoms with E-state index in [1.54, 1.807) is 0 Å². The van der Waals surface area contributed by atoms with E-state index in [4.69, 9.17) is 0 Å². The van der Waals surface area contributed by atoms with Crippen LogP contribution in [0.2, 0.25) is 0 Å². The topological polar surface area (TPSA) is 0 Å². The molecule has 0 N–H and O–H groups in total. The Hall–Kier alpha value is -0.260. The molecule has 2 atom stereocenters. The summed E-state index contributed by atoms with van der Waals surface area (Å²) in [5.74, 6) is 1.65. The van der Waals surface area contributed by atoms with E-state index >= 15 is 0 Å². The molecule has 1 aliphatic rings. The van der Waals surface area contributed by atoms with E-state index in [1.807, 2.05) is 0 Å². The third-order valence-electron chi connectivity index (χ3n) is 1.81. The molecule has 0 aliphatic heterocycles. The quantitative estimate of drug-likeness (QED) is 0.391. The second-order valence-corrected chi connectivity index (χ2v) is 2.15. The Morgan fingerprint density at radius 3 is 1.50 bits per heavy atom. The van der Waals surface area contributed by atoms with Crippen molar-refractivity contribution in [3.05, 3.63) is 12.2 Å². The molecule has 0 saturated heterocycles. The van der Waals surface area contributed by atoms with Gasteiger partial charge < -0.3 is 0 Å². The Kier molecular flexibility index (Phi) is 0.566. The van der Waals surface area contributed by atoms with Crippen LogP contribution >= 0.6 is 0 Å². The lowest BCUT2D eigenvalue weighted by Gasteiger charge is -1.65. The maximum atomic E-state index is 3.83. The largest absolute Gasteiger partial charge is 0.0993 e. The minimum Gasteiger partial charge on any atom is -0.0993 e. The van der Waals surface area contributed by atoms with Gasteiger partial charge in [0.1, 0.15) is 0 Å². The molecular weight excluding hydrogens is 72.1 g/mol. The van der Waals surface area contributed by atoms with Gasteiger partial charge in [-0.15, -0.1) is 0 Å². The Balaban J connectivity index is 2.51. The maximum Gasteiger partial charge on any atom is -0.0168 e. The third kappa shape index (κ3) is 0.296. The van der Waals surface area contributed by atoms with E-state index in [0.29, 0.717) is 0 Å². The molecule has 6 heavy (non-hydrogen) atoms. The van der Waals surface area contributed by atoms with E-state index in [1.165, 1.54) is 5.57 Å². The van der Waals surface area contributed by atoms with Crippen LogP contribution in [0.25, 0.3) is 0 Å². The lowest BCUT2D eigenvalue weighted by molar-refractivity contribution is 0.834. The molecule has 0 aromatic heterocycles. The lowest BCUT2D eigenvalue weighted by atomic mass is 10.4. The summed E-state index contributed by atoms with van der Waals surface area (Å²) in [5, 5.41) is 0. The molecule has 0 aromatic carbocycles. The fourth-order valence-corrected chi connectivity index (χ4v) is 0.654. The first-order valence-corrected chi connectivity index (χ1v) is 2.42. The van der Waals surface area contributed by atoms with Crippen molar-refractivity contribution < 1.29 is 0 Å². The van der Waals surface area contributed by atoms with Gasteiger partial charge in [-0.05, 0) is 11.8 Å². The van der Waals surface area contributed by atoms with Crippen molar-refractivity contribution in [2.24, 2.45) is 11.8 Å². The predicted molar refractivity (Wildman–Crippen MR) is 27.5 cm³/mol. The molecule has 1 fully saturated rings. The molecule has 1 aliphatic carbocycles. The number of rotatable bonds is 0. The standard InChI is InChI=1S/C6H10/c1-4-5(2)6(4)3/h5-6H,1H2,2-3H3/t5-,6?/m1/s1. The van der Waals surface area contributed by atoms with Gasteiger partial charge in [0.05, 0.1) is 0 Å². The highest BCUT2D eigenvalue weighted by Crippen LogP contribution is 2.42. The zero-order valence-corrected chi connectivity index (χ0v) is 4.36. The van der Waals surface area contributed by atoms with E-state index in [9.17, 15) is 0 Å². The van der Waals surface area contributed by atoms with Gasteiger partial charge in [-0.25, -0.2) is 0 Å². The number of hydrogen-bond donors (Lipinski definition) is 0.